The predicted molar refractivity (Wildman–Crippen MR) is 44.5 cm³/mol. The van der Waals surface area contributed by atoms with E-state index in [1.807, 2.05) is 5.32 Å². The van der Waals surface area contributed by atoms with Gasteiger partial charge in [0.25, 0.3) is 5.91 Å². The SMILES string of the molecule is N#CNC(=O)c1cnc(P)s1. The zero-order valence-electron chi connectivity index (χ0n) is 5.37. The van der Waals surface area contributed by atoms with Crippen molar-refractivity contribution in [3.05, 3.63) is 11.1 Å². The molecule has 0 spiro atoms. The Bertz CT molecular complexity index is 316. The topological polar surface area (TPSA) is 65.8 Å². The Hall–Kier alpha value is -0.980. The number of carbonyl (C=O) groups excluding carboxylic acids is 1. The highest BCUT2D eigenvalue weighted by molar-refractivity contribution is 7.43. The monoisotopic (exact) mass is 185 g/mol. The molecule has 0 saturated heterocycles. The van der Waals surface area contributed by atoms with E-state index in [0.29, 0.717) is 4.88 Å². The molecule has 1 aromatic heterocycles. The standard InChI is InChI=1S/C5H4N3OPS/c6-2-8-4(9)3-1-7-5(10)11-3/h1H,10H2,(H,8,9). The normalized spacial score (nSPS) is 8.73. The first-order valence-electron chi connectivity index (χ1n) is 2.65. The van der Waals surface area contributed by atoms with Crippen LogP contribution in [0.15, 0.2) is 6.20 Å². The van der Waals surface area contributed by atoms with E-state index in [1.165, 1.54) is 17.5 Å². The summed E-state index contributed by atoms with van der Waals surface area (Å²) in [7, 11) is 2.38. The van der Waals surface area contributed by atoms with Crippen molar-refractivity contribution >= 4 is 31.2 Å². The van der Waals surface area contributed by atoms with Crippen molar-refractivity contribution in [1.29, 1.82) is 5.26 Å². The van der Waals surface area contributed by atoms with Crippen molar-refractivity contribution < 1.29 is 4.79 Å². The third-order valence-electron chi connectivity index (χ3n) is 0.917. The molecular formula is C5H4N3OPS. The first kappa shape index (κ1) is 8.12. The summed E-state index contributed by atoms with van der Waals surface area (Å²) >= 11 is 1.22. The Morgan fingerprint density at radius 3 is 3.09 bits per heavy atom. The molecule has 1 atom stereocenters. The number of nitrogens with zero attached hydrogens (tertiary/aromatic N) is 2. The smallest absolute Gasteiger partial charge is 0.267 e. The summed E-state index contributed by atoms with van der Waals surface area (Å²) in [5, 5.41) is 10.1. The molecule has 1 N–H and O–H groups in total. The van der Waals surface area contributed by atoms with Gasteiger partial charge in [-0.3, -0.25) is 10.1 Å². The van der Waals surface area contributed by atoms with Crippen molar-refractivity contribution in [3.63, 3.8) is 0 Å². The second-order valence-electron chi connectivity index (χ2n) is 1.63. The molecule has 0 aromatic carbocycles. The fourth-order valence-electron chi connectivity index (χ4n) is 0.505. The van der Waals surface area contributed by atoms with E-state index >= 15 is 0 Å². The van der Waals surface area contributed by atoms with E-state index < -0.39 is 5.91 Å². The lowest BCUT2D eigenvalue weighted by molar-refractivity contribution is 0.0976. The minimum Gasteiger partial charge on any atom is -0.267 e. The first-order chi connectivity index (χ1) is 5.24. The molecule has 1 amide bonds. The van der Waals surface area contributed by atoms with Crippen molar-refractivity contribution in [2.24, 2.45) is 0 Å². The van der Waals surface area contributed by atoms with Crippen LogP contribution < -0.4 is 10.1 Å². The number of carbonyl (C=O) groups is 1. The Kier molecular flexibility index (Phi) is 2.53. The average Bonchev–Trinajstić information content (AvgIpc) is 2.36. The van der Waals surface area contributed by atoms with Gasteiger partial charge in [0.1, 0.15) is 9.63 Å². The zero-order chi connectivity index (χ0) is 8.27. The molecule has 0 radical (unpaired) electrons. The molecule has 0 aliphatic heterocycles. The van der Waals surface area contributed by atoms with Gasteiger partial charge in [0.15, 0.2) is 6.19 Å². The summed E-state index contributed by atoms with van der Waals surface area (Å²) in [6, 6.07) is 0. The molecule has 0 fully saturated rings. The molecule has 56 valence electrons. The van der Waals surface area contributed by atoms with Gasteiger partial charge in [-0.25, -0.2) is 4.98 Å². The van der Waals surface area contributed by atoms with E-state index in [9.17, 15) is 4.79 Å². The number of hydrogen-bond donors (Lipinski definition) is 1. The number of hydrogen-bond acceptors (Lipinski definition) is 4. The largest absolute Gasteiger partial charge is 0.275 e. The Balaban J connectivity index is 2.78. The summed E-state index contributed by atoms with van der Waals surface area (Å²) in [6.45, 7) is 0. The molecule has 0 bridgehead atoms. The molecule has 1 unspecified atom stereocenters. The molecule has 0 saturated carbocycles. The van der Waals surface area contributed by atoms with Crippen LogP contribution in [0, 0.1) is 11.5 Å². The Morgan fingerprint density at radius 1 is 1.91 bits per heavy atom. The van der Waals surface area contributed by atoms with Crippen LogP contribution in [0.25, 0.3) is 0 Å². The van der Waals surface area contributed by atoms with Crippen molar-refractivity contribution in [1.82, 2.24) is 10.3 Å². The van der Waals surface area contributed by atoms with Crippen molar-refractivity contribution in [3.8, 4) is 6.19 Å². The highest BCUT2D eigenvalue weighted by atomic mass is 32.1. The third-order valence-corrected chi connectivity index (χ3v) is 2.24. The highest BCUT2D eigenvalue weighted by Gasteiger charge is 2.06. The molecular weight excluding hydrogens is 181 g/mol. The minimum atomic E-state index is -0.404. The maximum atomic E-state index is 10.9. The van der Waals surface area contributed by atoms with Crippen LogP contribution in [0.1, 0.15) is 9.67 Å². The van der Waals surface area contributed by atoms with Gasteiger partial charge in [0.05, 0.1) is 6.20 Å². The molecule has 1 rings (SSSR count). The second kappa shape index (κ2) is 3.42. The highest BCUT2D eigenvalue weighted by Crippen LogP contribution is 2.05. The molecule has 0 aliphatic carbocycles. The van der Waals surface area contributed by atoms with Gasteiger partial charge < -0.3 is 0 Å². The fourth-order valence-corrected chi connectivity index (χ4v) is 1.54. The van der Waals surface area contributed by atoms with Gasteiger partial charge in [-0.05, 0) is 0 Å². The Morgan fingerprint density at radius 2 is 2.64 bits per heavy atom. The van der Waals surface area contributed by atoms with Crippen LogP contribution in [-0.2, 0) is 0 Å². The number of aromatic nitrogens is 1. The zero-order valence-corrected chi connectivity index (χ0v) is 7.34. The van der Waals surface area contributed by atoms with Gasteiger partial charge >= 0.3 is 0 Å². The Labute approximate surface area is 69.5 Å². The van der Waals surface area contributed by atoms with E-state index in [2.05, 4.69) is 14.2 Å². The maximum Gasteiger partial charge on any atom is 0.275 e. The minimum absolute atomic E-state index is 0.404. The van der Waals surface area contributed by atoms with Gasteiger partial charge in [0.2, 0.25) is 0 Å². The van der Waals surface area contributed by atoms with E-state index in [-0.39, 0.29) is 0 Å². The van der Waals surface area contributed by atoms with Crippen LogP contribution in [0.2, 0.25) is 0 Å². The van der Waals surface area contributed by atoms with Gasteiger partial charge in [0, 0.05) is 0 Å². The molecule has 0 aliphatic rings. The van der Waals surface area contributed by atoms with Crippen LogP contribution in [-0.4, -0.2) is 10.9 Å². The maximum absolute atomic E-state index is 10.9. The molecule has 6 heteroatoms. The predicted octanol–water partition coefficient (Wildman–Crippen LogP) is -0.146. The lowest BCUT2D eigenvalue weighted by Gasteiger charge is -1.87. The summed E-state index contributed by atoms with van der Waals surface area (Å²) < 4.78 is 0.730. The number of amides is 1. The van der Waals surface area contributed by atoms with Gasteiger partial charge in [-0.15, -0.1) is 11.3 Å². The molecule has 11 heavy (non-hydrogen) atoms. The third kappa shape index (κ3) is 1.97. The average molecular weight is 185 g/mol. The van der Waals surface area contributed by atoms with Gasteiger partial charge in [-0.1, -0.05) is 9.24 Å². The van der Waals surface area contributed by atoms with E-state index in [0.717, 1.165) is 4.75 Å². The van der Waals surface area contributed by atoms with Crippen LogP contribution in [0.5, 0.6) is 0 Å². The van der Waals surface area contributed by atoms with Crippen molar-refractivity contribution in [2.45, 2.75) is 0 Å². The number of nitriles is 1. The van der Waals surface area contributed by atoms with Crippen LogP contribution in [0.4, 0.5) is 0 Å². The molecule has 1 heterocycles. The lowest BCUT2D eigenvalue weighted by Crippen LogP contribution is -2.15. The van der Waals surface area contributed by atoms with E-state index in [4.69, 9.17) is 5.26 Å². The number of nitrogens with one attached hydrogen (secondary N) is 1. The molecule has 4 nitrogen and oxygen atoms in total. The first-order valence-corrected chi connectivity index (χ1v) is 4.04. The molecule has 1 aromatic rings. The lowest BCUT2D eigenvalue weighted by atomic mass is 10.5. The summed E-state index contributed by atoms with van der Waals surface area (Å²) in [6.07, 6.45) is 2.98. The van der Waals surface area contributed by atoms with Crippen molar-refractivity contribution in [2.75, 3.05) is 0 Å². The fraction of sp³-hybridized carbons (Fsp3) is 0. The van der Waals surface area contributed by atoms with Gasteiger partial charge in [-0.2, -0.15) is 5.26 Å². The van der Waals surface area contributed by atoms with Crippen LogP contribution >= 0.6 is 20.6 Å². The summed E-state index contributed by atoms with van der Waals surface area (Å²) in [5.74, 6) is -0.404. The van der Waals surface area contributed by atoms with Crippen LogP contribution in [0.3, 0.4) is 0 Å². The van der Waals surface area contributed by atoms with E-state index in [1.54, 1.807) is 6.19 Å². The number of rotatable bonds is 1. The summed E-state index contributed by atoms with van der Waals surface area (Å²) in [4.78, 5) is 15.2. The number of thiazole rings is 1. The summed E-state index contributed by atoms with van der Waals surface area (Å²) in [5.41, 5.74) is 0. The quantitative estimate of drug-likeness (QED) is 0.376. The second-order valence-corrected chi connectivity index (χ2v) is 3.66.